The van der Waals surface area contributed by atoms with Gasteiger partial charge in [-0.05, 0) is 30.7 Å². The minimum absolute atomic E-state index is 0.186. The van der Waals surface area contributed by atoms with Gasteiger partial charge in [0, 0.05) is 5.69 Å². The molecule has 0 aromatic heterocycles. The van der Waals surface area contributed by atoms with Gasteiger partial charge < -0.3 is 10.4 Å². The lowest BCUT2D eigenvalue weighted by Gasteiger charge is -2.09. The molecule has 2 N–H and O–H groups in total. The van der Waals surface area contributed by atoms with Gasteiger partial charge in [-0.3, -0.25) is 4.79 Å². The molecule has 16 heavy (non-hydrogen) atoms. The molecule has 0 bridgehead atoms. The van der Waals surface area contributed by atoms with E-state index in [0.29, 0.717) is 12.1 Å². The van der Waals surface area contributed by atoms with Gasteiger partial charge in [-0.15, -0.1) is 0 Å². The Balaban J connectivity index is 2.69. The van der Waals surface area contributed by atoms with Crippen LogP contribution >= 0.6 is 12.6 Å². The second-order valence-corrected chi connectivity index (χ2v) is 3.92. The molecule has 0 aliphatic rings. The van der Waals surface area contributed by atoms with Crippen molar-refractivity contribution in [3.63, 3.8) is 0 Å². The molecule has 0 saturated carbocycles. The molecule has 0 fully saturated rings. The quantitative estimate of drug-likeness (QED) is 0.704. The molecule has 0 spiro atoms. The third-order valence-electron chi connectivity index (χ3n) is 2.09. The van der Waals surface area contributed by atoms with Crippen molar-refractivity contribution in [1.82, 2.24) is 0 Å². The lowest BCUT2D eigenvalue weighted by atomic mass is 10.2. The third kappa shape index (κ3) is 3.27. The minimum Gasteiger partial charge on any atom is -0.478 e. The Labute approximate surface area is 99.1 Å². The standard InChI is InChI=1S/C11H13NO3S/c1-2-9(16)10(13)12-8-5-3-7(4-6-8)11(14)15/h3-6,9,16H,2H2,1H3,(H,12,13)(H,14,15). The van der Waals surface area contributed by atoms with Crippen molar-refractivity contribution in [3.8, 4) is 0 Å². The van der Waals surface area contributed by atoms with Crippen molar-refractivity contribution < 1.29 is 14.7 Å². The van der Waals surface area contributed by atoms with Gasteiger partial charge in [-0.25, -0.2) is 4.79 Å². The van der Waals surface area contributed by atoms with Crippen LogP contribution in [0.5, 0.6) is 0 Å². The highest BCUT2D eigenvalue weighted by atomic mass is 32.1. The normalized spacial score (nSPS) is 11.9. The van der Waals surface area contributed by atoms with Crippen molar-refractivity contribution in [3.05, 3.63) is 29.8 Å². The topological polar surface area (TPSA) is 66.4 Å². The van der Waals surface area contributed by atoms with Gasteiger partial charge in [-0.1, -0.05) is 6.92 Å². The number of hydrogen-bond acceptors (Lipinski definition) is 3. The molecule has 1 amide bonds. The summed E-state index contributed by atoms with van der Waals surface area (Å²) in [6, 6.07) is 5.99. The molecule has 5 heteroatoms. The number of carboxylic acid groups (broad SMARTS) is 1. The smallest absolute Gasteiger partial charge is 0.335 e. The van der Waals surface area contributed by atoms with Crippen LogP contribution in [-0.2, 0) is 4.79 Å². The van der Waals surface area contributed by atoms with Crippen LogP contribution in [0.4, 0.5) is 5.69 Å². The zero-order valence-electron chi connectivity index (χ0n) is 8.80. The molecule has 0 radical (unpaired) electrons. The first-order valence-corrected chi connectivity index (χ1v) is 5.38. The SMILES string of the molecule is CCC(S)C(=O)Nc1ccc(C(=O)O)cc1. The van der Waals surface area contributed by atoms with Crippen molar-refractivity contribution in [2.75, 3.05) is 5.32 Å². The van der Waals surface area contributed by atoms with Gasteiger partial charge in [0.1, 0.15) is 0 Å². The number of hydrogen-bond donors (Lipinski definition) is 3. The first kappa shape index (κ1) is 12.6. The second-order valence-electron chi connectivity index (χ2n) is 3.30. The molecular formula is C11H13NO3S. The van der Waals surface area contributed by atoms with Gasteiger partial charge in [-0.2, -0.15) is 12.6 Å². The summed E-state index contributed by atoms with van der Waals surface area (Å²) in [4.78, 5) is 22.0. The number of anilines is 1. The fraction of sp³-hybridized carbons (Fsp3) is 0.273. The van der Waals surface area contributed by atoms with E-state index in [-0.39, 0.29) is 16.7 Å². The van der Waals surface area contributed by atoms with E-state index in [1.54, 1.807) is 12.1 Å². The summed E-state index contributed by atoms with van der Waals surface area (Å²) < 4.78 is 0. The van der Waals surface area contributed by atoms with E-state index in [9.17, 15) is 9.59 Å². The maximum absolute atomic E-state index is 11.5. The average molecular weight is 239 g/mol. The van der Waals surface area contributed by atoms with Crippen LogP contribution in [0.25, 0.3) is 0 Å². The zero-order chi connectivity index (χ0) is 12.1. The van der Waals surface area contributed by atoms with E-state index in [2.05, 4.69) is 17.9 Å². The van der Waals surface area contributed by atoms with Crippen LogP contribution in [0.3, 0.4) is 0 Å². The molecule has 1 atom stereocenters. The molecule has 86 valence electrons. The summed E-state index contributed by atoms with van der Waals surface area (Å²) >= 11 is 4.10. The molecule has 0 heterocycles. The summed E-state index contributed by atoms with van der Waals surface area (Å²) in [5.41, 5.74) is 0.762. The van der Waals surface area contributed by atoms with Crippen molar-refractivity contribution in [1.29, 1.82) is 0 Å². The summed E-state index contributed by atoms with van der Waals surface area (Å²) in [7, 11) is 0. The monoisotopic (exact) mass is 239 g/mol. The summed E-state index contributed by atoms with van der Waals surface area (Å²) in [6.07, 6.45) is 0.641. The molecule has 1 aromatic rings. The largest absolute Gasteiger partial charge is 0.478 e. The van der Waals surface area contributed by atoms with Crippen LogP contribution in [0.1, 0.15) is 23.7 Å². The van der Waals surface area contributed by atoms with Crippen molar-refractivity contribution in [2.24, 2.45) is 0 Å². The van der Waals surface area contributed by atoms with E-state index in [4.69, 9.17) is 5.11 Å². The summed E-state index contributed by atoms with van der Waals surface area (Å²) in [6.45, 7) is 1.87. The Kier molecular flexibility index (Phi) is 4.37. The number of carbonyl (C=O) groups excluding carboxylic acids is 1. The summed E-state index contributed by atoms with van der Waals surface area (Å²) in [5, 5.41) is 11.0. The Bertz CT molecular complexity index is 389. The molecule has 1 aromatic carbocycles. The number of rotatable bonds is 4. The van der Waals surface area contributed by atoms with E-state index < -0.39 is 5.97 Å². The highest BCUT2D eigenvalue weighted by Gasteiger charge is 2.11. The van der Waals surface area contributed by atoms with Crippen molar-refractivity contribution in [2.45, 2.75) is 18.6 Å². The predicted octanol–water partition coefficient (Wildman–Crippen LogP) is 2.03. The molecule has 4 nitrogen and oxygen atoms in total. The van der Waals surface area contributed by atoms with Crippen LogP contribution in [0.2, 0.25) is 0 Å². The van der Waals surface area contributed by atoms with E-state index in [1.807, 2.05) is 6.92 Å². The highest BCUT2D eigenvalue weighted by Crippen LogP contribution is 2.11. The first-order chi connectivity index (χ1) is 7.54. The number of benzene rings is 1. The zero-order valence-corrected chi connectivity index (χ0v) is 9.70. The molecular weight excluding hydrogens is 226 g/mol. The fourth-order valence-electron chi connectivity index (χ4n) is 1.11. The Morgan fingerprint density at radius 1 is 1.38 bits per heavy atom. The lowest BCUT2D eigenvalue weighted by molar-refractivity contribution is -0.115. The van der Waals surface area contributed by atoms with Crippen molar-refractivity contribution >= 4 is 30.2 Å². The molecule has 0 aliphatic carbocycles. The Morgan fingerprint density at radius 2 is 1.94 bits per heavy atom. The van der Waals surface area contributed by atoms with Gasteiger partial charge in [0.2, 0.25) is 5.91 Å². The number of aromatic carboxylic acids is 1. The fourth-order valence-corrected chi connectivity index (χ4v) is 1.17. The Hall–Kier alpha value is -1.49. The number of nitrogens with one attached hydrogen (secondary N) is 1. The average Bonchev–Trinajstić information content (AvgIpc) is 2.28. The predicted molar refractivity (Wildman–Crippen MR) is 65.1 cm³/mol. The molecule has 0 saturated heterocycles. The van der Waals surface area contributed by atoms with Gasteiger partial charge in [0.25, 0.3) is 0 Å². The number of thiol groups is 1. The van der Waals surface area contributed by atoms with Crippen LogP contribution in [-0.4, -0.2) is 22.2 Å². The molecule has 0 aliphatic heterocycles. The van der Waals surface area contributed by atoms with Crippen LogP contribution in [0.15, 0.2) is 24.3 Å². The minimum atomic E-state index is -0.987. The van der Waals surface area contributed by atoms with E-state index >= 15 is 0 Å². The van der Waals surface area contributed by atoms with Crippen LogP contribution in [0, 0.1) is 0 Å². The number of carboxylic acids is 1. The highest BCUT2D eigenvalue weighted by molar-refractivity contribution is 7.81. The number of carbonyl (C=O) groups is 2. The first-order valence-electron chi connectivity index (χ1n) is 4.87. The summed E-state index contributed by atoms with van der Waals surface area (Å²) in [5.74, 6) is -1.17. The molecule has 1 unspecified atom stereocenters. The van der Waals surface area contributed by atoms with Gasteiger partial charge >= 0.3 is 5.97 Å². The maximum Gasteiger partial charge on any atom is 0.335 e. The van der Waals surface area contributed by atoms with E-state index in [1.165, 1.54) is 12.1 Å². The van der Waals surface area contributed by atoms with Crippen LogP contribution < -0.4 is 5.32 Å². The Morgan fingerprint density at radius 3 is 2.38 bits per heavy atom. The number of amides is 1. The second kappa shape index (κ2) is 5.55. The van der Waals surface area contributed by atoms with E-state index in [0.717, 1.165) is 0 Å². The lowest BCUT2D eigenvalue weighted by Crippen LogP contribution is -2.22. The maximum atomic E-state index is 11.5. The van der Waals surface area contributed by atoms with Gasteiger partial charge in [0.05, 0.1) is 10.8 Å². The molecule has 1 rings (SSSR count). The van der Waals surface area contributed by atoms with Gasteiger partial charge in [0.15, 0.2) is 0 Å². The third-order valence-corrected chi connectivity index (χ3v) is 2.69.